The molecule has 0 atom stereocenters. The zero-order chi connectivity index (χ0) is 15.0. The number of nitrogens with zero attached hydrogens (tertiary/aromatic N) is 1. The Labute approximate surface area is 123 Å². The molecule has 3 aromatic rings. The molecule has 3 nitrogen and oxygen atoms in total. The van der Waals surface area contributed by atoms with Crippen molar-refractivity contribution in [2.24, 2.45) is 0 Å². The second-order valence-electron chi connectivity index (χ2n) is 5.50. The highest BCUT2D eigenvalue weighted by Gasteiger charge is 2.14. The first-order chi connectivity index (χ1) is 10.1. The van der Waals surface area contributed by atoms with E-state index in [1.807, 2.05) is 44.2 Å². The Bertz CT molecular complexity index is 786. The highest BCUT2D eigenvalue weighted by atomic mass is 16.3. The van der Waals surface area contributed by atoms with E-state index < -0.39 is 0 Å². The van der Waals surface area contributed by atoms with Gasteiger partial charge in [-0.2, -0.15) is 0 Å². The van der Waals surface area contributed by atoms with E-state index >= 15 is 0 Å². The summed E-state index contributed by atoms with van der Waals surface area (Å²) < 4.78 is 0. The van der Waals surface area contributed by atoms with Crippen molar-refractivity contribution in [3.8, 4) is 22.8 Å². The topological polar surface area (TPSA) is 53.4 Å². The van der Waals surface area contributed by atoms with E-state index in [4.69, 9.17) is 0 Å². The molecule has 0 unspecified atom stereocenters. The lowest BCUT2D eigenvalue weighted by Gasteiger charge is -2.13. The summed E-state index contributed by atoms with van der Waals surface area (Å²) in [6.07, 6.45) is 1.80. The van der Waals surface area contributed by atoms with Gasteiger partial charge in [-0.3, -0.25) is 4.98 Å². The summed E-state index contributed by atoms with van der Waals surface area (Å²) in [7, 11) is 0. The highest BCUT2D eigenvalue weighted by Crippen LogP contribution is 2.38. The van der Waals surface area contributed by atoms with Gasteiger partial charge in [0.15, 0.2) is 0 Å². The molecule has 0 radical (unpaired) electrons. The van der Waals surface area contributed by atoms with Crippen molar-refractivity contribution >= 4 is 10.8 Å². The van der Waals surface area contributed by atoms with Crippen LogP contribution in [0.3, 0.4) is 0 Å². The molecular formula is C18H17NO2. The van der Waals surface area contributed by atoms with Crippen molar-refractivity contribution in [1.82, 2.24) is 4.98 Å². The van der Waals surface area contributed by atoms with E-state index in [1.165, 1.54) is 0 Å². The van der Waals surface area contributed by atoms with E-state index in [9.17, 15) is 10.2 Å². The molecule has 1 heterocycles. The summed E-state index contributed by atoms with van der Waals surface area (Å²) in [5.41, 5.74) is 2.01. The number of rotatable bonds is 2. The van der Waals surface area contributed by atoms with Gasteiger partial charge in [0.25, 0.3) is 0 Å². The van der Waals surface area contributed by atoms with E-state index in [1.54, 1.807) is 18.3 Å². The first-order valence-corrected chi connectivity index (χ1v) is 6.97. The maximum atomic E-state index is 10.1. The lowest BCUT2D eigenvalue weighted by atomic mass is 9.97. The Morgan fingerprint density at radius 2 is 1.52 bits per heavy atom. The van der Waals surface area contributed by atoms with Crippen molar-refractivity contribution in [3.63, 3.8) is 0 Å². The third-order valence-corrected chi connectivity index (χ3v) is 3.64. The molecule has 0 saturated heterocycles. The van der Waals surface area contributed by atoms with Crippen molar-refractivity contribution in [1.29, 1.82) is 0 Å². The number of aromatic hydroxyl groups is 2. The summed E-state index contributed by atoms with van der Waals surface area (Å²) in [6.45, 7) is 3.87. The normalized spacial score (nSPS) is 11.2. The maximum Gasteiger partial charge on any atom is 0.123 e. The molecule has 1 aromatic heterocycles. The van der Waals surface area contributed by atoms with Crippen LogP contribution in [-0.2, 0) is 0 Å². The average molecular weight is 279 g/mol. The highest BCUT2D eigenvalue weighted by molar-refractivity contribution is 5.85. The molecular weight excluding hydrogens is 262 g/mol. The molecule has 2 aromatic carbocycles. The largest absolute Gasteiger partial charge is 0.507 e. The number of benzene rings is 2. The Balaban J connectivity index is 2.14. The Morgan fingerprint density at radius 3 is 2.14 bits per heavy atom. The molecule has 0 fully saturated rings. The van der Waals surface area contributed by atoms with Crippen LogP contribution >= 0.6 is 0 Å². The van der Waals surface area contributed by atoms with Gasteiger partial charge >= 0.3 is 0 Å². The molecule has 3 heteroatoms. The predicted octanol–water partition coefficient (Wildman–Crippen LogP) is 4.44. The minimum absolute atomic E-state index is 0.0589. The van der Waals surface area contributed by atoms with Gasteiger partial charge < -0.3 is 10.2 Å². The van der Waals surface area contributed by atoms with Crippen LogP contribution in [0.5, 0.6) is 11.5 Å². The van der Waals surface area contributed by atoms with E-state index in [2.05, 4.69) is 4.98 Å². The third-order valence-electron chi connectivity index (χ3n) is 3.64. The summed E-state index contributed by atoms with van der Waals surface area (Å²) in [5, 5.41) is 22.4. The lowest BCUT2D eigenvalue weighted by Crippen LogP contribution is -1.91. The van der Waals surface area contributed by atoms with Crippen LogP contribution in [0.15, 0.2) is 48.7 Å². The van der Waals surface area contributed by atoms with Gasteiger partial charge in [-0.05, 0) is 29.5 Å². The molecule has 21 heavy (non-hydrogen) atoms. The van der Waals surface area contributed by atoms with Crippen molar-refractivity contribution in [2.45, 2.75) is 19.8 Å². The summed E-state index contributed by atoms with van der Waals surface area (Å²) >= 11 is 0. The standard InChI is InChI=1S/C18H17NO2/c1-11(2)18-16(20)8-14(9-17(18)21)15-7-12-5-3-4-6-13(12)10-19-15/h3-11,20-21H,1-2H3. The minimum Gasteiger partial charge on any atom is -0.507 e. The van der Waals surface area contributed by atoms with Crippen LogP contribution in [0.1, 0.15) is 25.3 Å². The second-order valence-corrected chi connectivity index (χ2v) is 5.50. The second kappa shape index (κ2) is 5.09. The zero-order valence-corrected chi connectivity index (χ0v) is 12.0. The maximum absolute atomic E-state index is 10.1. The monoisotopic (exact) mass is 279 g/mol. The number of fused-ring (bicyclic) bond motifs is 1. The van der Waals surface area contributed by atoms with Gasteiger partial charge in [-0.25, -0.2) is 0 Å². The van der Waals surface area contributed by atoms with E-state index in [0.717, 1.165) is 16.5 Å². The Hall–Kier alpha value is -2.55. The van der Waals surface area contributed by atoms with Crippen molar-refractivity contribution < 1.29 is 10.2 Å². The average Bonchev–Trinajstić information content (AvgIpc) is 2.45. The molecule has 0 amide bonds. The summed E-state index contributed by atoms with van der Waals surface area (Å²) in [4.78, 5) is 4.41. The lowest BCUT2D eigenvalue weighted by molar-refractivity contribution is 0.434. The molecule has 0 bridgehead atoms. The number of hydrogen-bond donors (Lipinski definition) is 2. The minimum atomic E-state index is 0.0589. The van der Waals surface area contributed by atoms with Crippen molar-refractivity contribution in [2.75, 3.05) is 0 Å². The summed E-state index contributed by atoms with van der Waals surface area (Å²) in [6, 6.07) is 13.2. The smallest absolute Gasteiger partial charge is 0.123 e. The summed E-state index contributed by atoms with van der Waals surface area (Å²) in [5.74, 6) is 0.272. The molecule has 0 saturated carbocycles. The Morgan fingerprint density at radius 1 is 0.905 bits per heavy atom. The fraction of sp³-hybridized carbons (Fsp3) is 0.167. The van der Waals surface area contributed by atoms with Gasteiger partial charge in [0.1, 0.15) is 11.5 Å². The van der Waals surface area contributed by atoms with Crippen molar-refractivity contribution in [3.05, 3.63) is 54.2 Å². The predicted molar refractivity (Wildman–Crippen MR) is 84.6 cm³/mol. The molecule has 0 spiro atoms. The molecule has 2 N–H and O–H groups in total. The fourth-order valence-electron chi connectivity index (χ4n) is 2.60. The fourth-order valence-corrected chi connectivity index (χ4v) is 2.60. The molecule has 3 rings (SSSR count). The number of phenols is 2. The van der Waals surface area contributed by atoms with Gasteiger partial charge in [-0.15, -0.1) is 0 Å². The number of hydrogen-bond acceptors (Lipinski definition) is 3. The number of phenolic OH excluding ortho intramolecular Hbond substituents is 2. The van der Waals surface area contributed by atoms with E-state index in [-0.39, 0.29) is 17.4 Å². The SMILES string of the molecule is CC(C)c1c(O)cc(-c2cc3ccccc3cn2)cc1O. The van der Waals surface area contributed by atoms with Crippen LogP contribution < -0.4 is 0 Å². The quantitative estimate of drug-likeness (QED) is 0.729. The van der Waals surface area contributed by atoms with Gasteiger partial charge in [0, 0.05) is 22.7 Å². The number of aromatic nitrogens is 1. The third kappa shape index (κ3) is 2.42. The first kappa shape index (κ1) is 13.4. The molecule has 0 aliphatic rings. The molecule has 0 aliphatic carbocycles. The van der Waals surface area contributed by atoms with E-state index in [0.29, 0.717) is 11.1 Å². The van der Waals surface area contributed by atoms with Crippen LogP contribution in [0.2, 0.25) is 0 Å². The van der Waals surface area contributed by atoms with Gasteiger partial charge in [-0.1, -0.05) is 38.1 Å². The Kier molecular flexibility index (Phi) is 3.26. The van der Waals surface area contributed by atoms with Gasteiger partial charge in [0.05, 0.1) is 5.69 Å². The number of pyridine rings is 1. The first-order valence-electron chi connectivity index (χ1n) is 6.97. The zero-order valence-electron chi connectivity index (χ0n) is 12.0. The van der Waals surface area contributed by atoms with Gasteiger partial charge in [0.2, 0.25) is 0 Å². The molecule has 0 aliphatic heterocycles. The van der Waals surface area contributed by atoms with Crippen LogP contribution in [0.25, 0.3) is 22.0 Å². The van der Waals surface area contributed by atoms with Crippen LogP contribution in [0.4, 0.5) is 0 Å². The van der Waals surface area contributed by atoms with Crippen LogP contribution in [-0.4, -0.2) is 15.2 Å². The molecule has 106 valence electrons. The van der Waals surface area contributed by atoms with Crippen LogP contribution in [0, 0.1) is 0 Å².